The maximum atomic E-state index is 14.1. The number of hydrogen-bond donors (Lipinski definition) is 0. The van der Waals surface area contributed by atoms with Crippen LogP contribution < -0.4 is 0 Å². The first-order valence-electron chi connectivity index (χ1n) is 11.7. The van der Waals surface area contributed by atoms with Gasteiger partial charge in [0.1, 0.15) is 11.6 Å². The molecule has 0 N–H and O–H groups in total. The summed E-state index contributed by atoms with van der Waals surface area (Å²) in [5.41, 5.74) is 4.62. The standard InChI is InChI=1S/C28H28FN3O/c1-2-6-20-9-11-22(12-10-20)28(33)31-17-15-24(16-18-31)32-26-19-23(29)13-14-25(26)30-27(32)21-7-4-3-5-8-21/h3-5,7-14,19,24H,2,6,15-18H2,1H3. The molecule has 0 aliphatic carbocycles. The van der Waals surface area contributed by atoms with Gasteiger partial charge in [0, 0.05) is 30.3 Å². The van der Waals surface area contributed by atoms with Gasteiger partial charge in [0.2, 0.25) is 0 Å². The predicted molar refractivity (Wildman–Crippen MR) is 130 cm³/mol. The molecule has 4 nitrogen and oxygen atoms in total. The van der Waals surface area contributed by atoms with Gasteiger partial charge in [-0.2, -0.15) is 0 Å². The summed E-state index contributed by atoms with van der Waals surface area (Å²) in [6.45, 7) is 3.50. The Bertz CT molecular complexity index is 1260. The van der Waals surface area contributed by atoms with E-state index in [1.54, 1.807) is 12.1 Å². The van der Waals surface area contributed by atoms with Crippen molar-refractivity contribution in [3.05, 3.63) is 89.7 Å². The minimum Gasteiger partial charge on any atom is -0.338 e. The van der Waals surface area contributed by atoms with E-state index in [0.29, 0.717) is 13.1 Å². The molecule has 0 bridgehead atoms. The third kappa shape index (κ3) is 4.28. The van der Waals surface area contributed by atoms with E-state index in [1.165, 1.54) is 11.6 Å². The van der Waals surface area contributed by atoms with Gasteiger partial charge < -0.3 is 9.47 Å². The summed E-state index contributed by atoms with van der Waals surface area (Å²) in [6.07, 6.45) is 3.74. The molecule has 1 aromatic heterocycles. The minimum atomic E-state index is -0.262. The molecule has 33 heavy (non-hydrogen) atoms. The number of nitrogens with zero attached hydrogens (tertiary/aromatic N) is 3. The number of benzene rings is 3. The molecule has 1 aliphatic heterocycles. The van der Waals surface area contributed by atoms with E-state index in [1.807, 2.05) is 47.4 Å². The van der Waals surface area contributed by atoms with Crippen LogP contribution in [0.3, 0.4) is 0 Å². The van der Waals surface area contributed by atoms with Crippen LogP contribution in [-0.2, 0) is 6.42 Å². The summed E-state index contributed by atoms with van der Waals surface area (Å²) < 4.78 is 16.3. The Balaban J connectivity index is 1.39. The van der Waals surface area contributed by atoms with Gasteiger partial charge in [-0.25, -0.2) is 9.37 Å². The van der Waals surface area contributed by atoms with Crippen LogP contribution >= 0.6 is 0 Å². The van der Waals surface area contributed by atoms with Gasteiger partial charge in [-0.15, -0.1) is 0 Å². The van der Waals surface area contributed by atoms with E-state index in [-0.39, 0.29) is 17.8 Å². The smallest absolute Gasteiger partial charge is 0.253 e. The van der Waals surface area contributed by atoms with Gasteiger partial charge in [-0.3, -0.25) is 4.79 Å². The third-order valence-corrected chi connectivity index (χ3v) is 6.54. The van der Waals surface area contributed by atoms with E-state index < -0.39 is 0 Å². The highest BCUT2D eigenvalue weighted by atomic mass is 19.1. The number of likely N-dealkylation sites (tertiary alicyclic amines) is 1. The average Bonchev–Trinajstić information content (AvgIpc) is 3.23. The number of fused-ring (bicyclic) bond motifs is 1. The molecule has 1 aliphatic rings. The van der Waals surface area contributed by atoms with Gasteiger partial charge in [0.15, 0.2) is 0 Å². The molecular formula is C28H28FN3O. The second-order valence-corrected chi connectivity index (χ2v) is 8.77. The Morgan fingerprint density at radius 2 is 1.73 bits per heavy atom. The fraction of sp³-hybridized carbons (Fsp3) is 0.286. The fourth-order valence-electron chi connectivity index (χ4n) is 4.84. The molecule has 2 heterocycles. The van der Waals surface area contributed by atoms with Crippen molar-refractivity contribution < 1.29 is 9.18 Å². The average molecular weight is 442 g/mol. The van der Waals surface area contributed by atoms with Crippen molar-refractivity contribution in [2.45, 2.75) is 38.6 Å². The number of imidazole rings is 1. The molecule has 1 saturated heterocycles. The molecule has 0 unspecified atom stereocenters. The molecule has 1 fully saturated rings. The number of piperidine rings is 1. The van der Waals surface area contributed by atoms with Crippen LogP contribution in [0.25, 0.3) is 22.4 Å². The van der Waals surface area contributed by atoms with Crippen LogP contribution in [0, 0.1) is 5.82 Å². The summed E-state index contributed by atoms with van der Waals surface area (Å²) in [4.78, 5) is 19.8. The van der Waals surface area contributed by atoms with E-state index in [4.69, 9.17) is 4.98 Å². The zero-order valence-corrected chi connectivity index (χ0v) is 18.9. The minimum absolute atomic E-state index is 0.0846. The van der Waals surface area contributed by atoms with E-state index in [0.717, 1.165) is 53.7 Å². The lowest BCUT2D eigenvalue weighted by atomic mass is 10.0. The summed E-state index contributed by atoms with van der Waals surface area (Å²) in [5, 5.41) is 0. The summed E-state index contributed by atoms with van der Waals surface area (Å²) in [7, 11) is 0. The Labute approximate surface area is 193 Å². The van der Waals surface area contributed by atoms with Crippen molar-refractivity contribution in [2.24, 2.45) is 0 Å². The largest absolute Gasteiger partial charge is 0.338 e. The zero-order chi connectivity index (χ0) is 22.8. The van der Waals surface area contributed by atoms with E-state index in [2.05, 4.69) is 23.6 Å². The maximum absolute atomic E-state index is 14.1. The Kier molecular flexibility index (Phi) is 5.95. The molecule has 5 rings (SSSR count). The predicted octanol–water partition coefficient (Wildman–Crippen LogP) is 6.27. The first-order chi connectivity index (χ1) is 16.1. The Morgan fingerprint density at radius 3 is 2.42 bits per heavy atom. The Hall–Kier alpha value is -3.47. The van der Waals surface area contributed by atoms with Crippen LogP contribution in [0.4, 0.5) is 4.39 Å². The fourth-order valence-corrected chi connectivity index (χ4v) is 4.84. The first kappa shape index (κ1) is 21.4. The van der Waals surface area contributed by atoms with Crippen molar-refractivity contribution in [1.82, 2.24) is 14.5 Å². The summed E-state index contributed by atoms with van der Waals surface area (Å²) in [5.74, 6) is 0.677. The van der Waals surface area contributed by atoms with Crippen LogP contribution in [0.15, 0.2) is 72.8 Å². The van der Waals surface area contributed by atoms with Crippen molar-refractivity contribution in [2.75, 3.05) is 13.1 Å². The van der Waals surface area contributed by atoms with Gasteiger partial charge in [-0.05, 0) is 55.2 Å². The van der Waals surface area contributed by atoms with Crippen LogP contribution in [0.2, 0.25) is 0 Å². The highest BCUT2D eigenvalue weighted by Crippen LogP contribution is 2.34. The number of halogens is 1. The number of aromatic nitrogens is 2. The number of aryl methyl sites for hydroxylation is 1. The molecule has 0 spiro atoms. The number of carbonyl (C=O) groups excluding carboxylic acids is 1. The van der Waals surface area contributed by atoms with Crippen molar-refractivity contribution in [1.29, 1.82) is 0 Å². The topological polar surface area (TPSA) is 38.1 Å². The van der Waals surface area contributed by atoms with Gasteiger partial charge in [0.05, 0.1) is 11.0 Å². The molecule has 0 atom stereocenters. The molecule has 4 aromatic rings. The second kappa shape index (κ2) is 9.18. The molecule has 1 amide bonds. The molecular weight excluding hydrogens is 413 g/mol. The number of rotatable bonds is 5. The number of carbonyl (C=O) groups is 1. The van der Waals surface area contributed by atoms with Crippen molar-refractivity contribution in [3.63, 3.8) is 0 Å². The molecule has 0 saturated carbocycles. The van der Waals surface area contributed by atoms with Crippen LogP contribution in [0.1, 0.15) is 48.1 Å². The lowest BCUT2D eigenvalue weighted by Gasteiger charge is -2.33. The van der Waals surface area contributed by atoms with E-state index >= 15 is 0 Å². The van der Waals surface area contributed by atoms with Gasteiger partial charge in [-0.1, -0.05) is 55.8 Å². The molecule has 5 heteroatoms. The van der Waals surface area contributed by atoms with Crippen molar-refractivity contribution in [3.8, 4) is 11.4 Å². The van der Waals surface area contributed by atoms with Crippen molar-refractivity contribution >= 4 is 16.9 Å². The lowest BCUT2D eigenvalue weighted by Crippen LogP contribution is -2.39. The van der Waals surface area contributed by atoms with Crippen LogP contribution in [0.5, 0.6) is 0 Å². The highest BCUT2D eigenvalue weighted by molar-refractivity contribution is 5.94. The quantitative estimate of drug-likeness (QED) is 0.366. The number of hydrogen-bond acceptors (Lipinski definition) is 2. The lowest BCUT2D eigenvalue weighted by molar-refractivity contribution is 0.0696. The highest BCUT2D eigenvalue weighted by Gasteiger charge is 2.28. The number of amides is 1. The zero-order valence-electron chi connectivity index (χ0n) is 18.9. The summed E-state index contributed by atoms with van der Waals surface area (Å²) in [6, 6.07) is 23.0. The molecule has 0 radical (unpaired) electrons. The van der Waals surface area contributed by atoms with Crippen LogP contribution in [-0.4, -0.2) is 33.4 Å². The molecule has 168 valence electrons. The maximum Gasteiger partial charge on any atom is 0.253 e. The normalized spacial score (nSPS) is 14.7. The van der Waals surface area contributed by atoms with E-state index in [9.17, 15) is 9.18 Å². The van der Waals surface area contributed by atoms with Gasteiger partial charge >= 0.3 is 0 Å². The first-order valence-corrected chi connectivity index (χ1v) is 11.7. The molecule has 3 aromatic carbocycles. The SMILES string of the molecule is CCCc1ccc(C(=O)N2CCC(n3c(-c4ccccc4)nc4ccc(F)cc43)CC2)cc1. The van der Waals surface area contributed by atoms with Gasteiger partial charge in [0.25, 0.3) is 5.91 Å². The monoisotopic (exact) mass is 441 g/mol. The summed E-state index contributed by atoms with van der Waals surface area (Å²) >= 11 is 0. The Morgan fingerprint density at radius 1 is 1.00 bits per heavy atom. The second-order valence-electron chi connectivity index (χ2n) is 8.77. The third-order valence-electron chi connectivity index (χ3n) is 6.54.